The van der Waals surface area contributed by atoms with Gasteiger partial charge in [0.05, 0.1) is 5.75 Å². The lowest BCUT2D eigenvalue weighted by atomic mass is 10.2. The third-order valence-electron chi connectivity index (χ3n) is 3.08. The van der Waals surface area contributed by atoms with Crippen molar-refractivity contribution in [2.45, 2.75) is 23.8 Å². The number of aromatic nitrogens is 2. The van der Waals surface area contributed by atoms with Gasteiger partial charge in [0.15, 0.2) is 0 Å². The van der Waals surface area contributed by atoms with Crippen LogP contribution in [0.1, 0.15) is 24.8 Å². The molecule has 6 nitrogen and oxygen atoms in total. The number of hydrogen-bond acceptors (Lipinski definition) is 6. The molecule has 3 rings (SSSR count). The molecule has 2 aromatic rings. The molecule has 1 atom stereocenters. The fourth-order valence-corrected chi connectivity index (χ4v) is 2.85. The number of benzene rings is 1. The standard InChI is InChI=1S/C14H14ClN3O3S/c15-9-3-5-10(6-4-9)22-8-12(19)16-14-18-17-13(21-14)11-2-1-7-20-11/h3-6,11H,1-2,7-8H2,(H,16,18,19). The van der Waals surface area contributed by atoms with Crippen molar-refractivity contribution in [3.05, 3.63) is 35.2 Å². The second-order valence-corrected chi connectivity index (χ2v) is 6.22. The monoisotopic (exact) mass is 339 g/mol. The van der Waals surface area contributed by atoms with Gasteiger partial charge in [-0.25, -0.2) is 0 Å². The van der Waals surface area contributed by atoms with E-state index in [9.17, 15) is 4.79 Å². The van der Waals surface area contributed by atoms with Crippen molar-refractivity contribution in [3.63, 3.8) is 0 Å². The predicted molar refractivity (Wildman–Crippen MR) is 83.0 cm³/mol. The van der Waals surface area contributed by atoms with E-state index in [0.717, 1.165) is 17.7 Å². The molecule has 1 aromatic heterocycles. The number of hydrogen-bond donors (Lipinski definition) is 1. The first-order valence-corrected chi connectivity index (χ1v) is 8.20. The SMILES string of the molecule is O=C(CSc1ccc(Cl)cc1)Nc1nnc(C2CCCO2)o1. The van der Waals surface area contributed by atoms with Crippen LogP contribution in [0, 0.1) is 0 Å². The van der Waals surface area contributed by atoms with E-state index in [4.69, 9.17) is 20.8 Å². The normalized spacial score (nSPS) is 17.6. The average molecular weight is 340 g/mol. The summed E-state index contributed by atoms with van der Waals surface area (Å²) < 4.78 is 10.8. The zero-order valence-corrected chi connectivity index (χ0v) is 13.2. The number of thioether (sulfide) groups is 1. The molecule has 8 heteroatoms. The van der Waals surface area contributed by atoms with Crippen LogP contribution in [-0.2, 0) is 9.53 Å². The van der Waals surface area contributed by atoms with Crippen LogP contribution >= 0.6 is 23.4 Å². The molecular weight excluding hydrogens is 326 g/mol. The molecular formula is C14H14ClN3O3S. The van der Waals surface area contributed by atoms with Crippen LogP contribution in [0.5, 0.6) is 0 Å². The summed E-state index contributed by atoms with van der Waals surface area (Å²) in [7, 11) is 0. The number of nitrogens with zero attached hydrogens (tertiary/aromatic N) is 2. The van der Waals surface area contributed by atoms with Crippen LogP contribution in [-0.4, -0.2) is 28.5 Å². The summed E-state index contributed by atoms with van der Waals surface area (Å²) in [5.74, 6) is 0.458. The Bertz CT molecular complexity index is 641. The molecule has 1 amide bonds. The summed E-state index contributed by atoms with van der Waals surface area (Å²) in [6.07, 6.45) is 1.69. The van der Waals surface area contributed by atoms with Crippen molar-refractivity contribution in [3.8, 4) is 0 Å². The highest BCUT2D eigenvalue weighted by Gasteiger charge is 2.23. The van der Waals surface area contributed by atoms with E-state index in [2.05, 4.69) is 15.5 Å². The molecule has 1 N–H and O–H groups in total. The molecule has 0 aliphatic carbocycles. The van der Waals surface area contributed by atoms with Crippen LogP contribution < -0.4 is 5.32 Å². The summed E-state index contributed by atoms with van der Waals surface area (Å²) in [4.78, 5) is 12.8. The molecule has 1 aliphatic rings. The van der Waals surface area contributed by atoms with Crippen molar-refractivity contribution in [1.82, 2.24) is 10.2 Å². The summed E-state index contributed by atoms with van der Waals surface area (Å²) >= 11 is 7.21. The largest absolute Gasteiger partial charge is 0.405 e. The van der Waals surface area contributed by atoms with Crippen LogP contribution in [0.4, 0.5) is 6.01 Å². The van der Waals surface area contributed by atoms with Gasteiger partial charge < -0.3 is 9.15 Å². The number of amides is 1. The van der Waals surface area contributed by atoms with Gasteiger partial charge in [0.2, 0.25) is 11.8 Å². The highest BCUT2D eigenvalue weighted by Crippen LogP contribution is 2.28. The summed E-state index contributed by atoms with van der Waals surface area (Å²) in [5, 5.41) is 11.0. The number of nitrogens with one attached hydrogen (secondary N) is 1. The van der Waals surface area contributed by atoms with Gasteiger partial charge in [0.1, 0.15) is 6.10 Å². The molecule has 1 aromatic carbocycles. The van der Waals surface area contributed by atoms with Crippen LogP contribution in [0.25, 0.3) is 0 Å². The van der Waals surface area contributed by atoms with Gasteiger partial charge in [-0.1, -0.05) is 16.7 Å². The Balaban J connectivity index is 1.50. The first-order chi connectivity index (χ1) is 10.7. The van der Waals surface area contributed by atoms with Crippen LogP contribution in [0.3, 0.4) is 0 Å². The fraction of sp³-hybridized carbons (Fsp3) is 0.357. The smallest absolute Gasteiger partial charge is 0.322 e. The highest BCUT2D eigenvalue weighted by atomic mass is 35.5. The quantitative estimate of drug-likeness (QED) is 0.842. The van der Waals surface area contributed by atoms with Gasteiger partial charge >= 0.3 is 6.01 Å². The predicted octanol–water partition coefficient (Wildman–Crippen LogP) is 3.31. The Labute approximate surface area is 136 Å². The minimum atomic E-state index is -0.206. The Morgan fingerprint density at radius 1 is 1.36 bits per heavy atom. The maximum absolute atomic E-state index is 11.9. The highest BCUT2D eigenvalue weighted by molar-refractivity contribution is 8.00. The van der Waals surface area contributed by atoms with Crippen LogP contribution in [0.2, 0.25) is 5.02 Å². The maximum atomic E-state index is 11.9. The lowest BCUT2D eigenvalue weighted by Crippen LogP contribution is -2.14. The Morgan fingerprint density at radius 3 is 2.91 bits per heavy atom. The van der Waals surface area contributed by atoms with Gasteiger partial charge in [0, 0.05) is 16.5 Å². The van der Waals surface area contributed by atoms with E-state index in [1.807, 2.05) is 12.1 Å². The molecule has 2 heterocycles. The van der Waals surface area contributed by atoms with E-state index in [-0.39, 0.29) is 23.8 Å². The summed E-state index contributed by atoms with van der Waals surface area (Å²) in [6.45, 7) is 0.701. The molecule has 1 aliphatic heterocycles. The van der Waals surface area contributed by atoms with Crippen molar-refractivity contribution >= 4 is 35.3 Å². The van der Waals surface area contributed by atoms with Gasteiger partial charge in [-0.2, -0.15) is 0 Å². The van der Waals surface area contributed by atoms with Crippen molar-refractivity contribution in [1.29, 1.82) is 0 Å². The number of carbonyl (C=O) groups excluding carboxylic acids is 1. The van der Waals surface area contributed by atoms with Crippen molar-refractivity contribution in [2.24, 2.45) is 0 Å². The minimum absolute atomic E-state index is 0.104. The minimum Gasteiger partial charge on any atom is -0.405 e. The number of rotatable bonds is 5. The third kappa shape index (κ3) is 4.00. The molecule has 0 saturated carbocycles. The van der Waals surface area contributed by atoms with E-state index >= 15 is 0 Å². The van der Waals surface area contributed by atoms with E-state index < -0.39 is 0 Å². The fourth-order valence-electron chi connectivity index (χ4n) is 2.02. The maximum Gasteiger partial charge on any atom is 0.322 e. The van der Waals surface area contributed by atoms with Gasteiger partial charge in [0.25, 0.3) is 0 Å². The number of anilines is 1. The Morgan fingerprint density at radius 2 is 2.18 bits per heavy atom. The lowest BCUT2D eigenvalue weighted by molar-refractivity contribution is -0.113. The molecule has 0 radical (unpaired) electrons. The molecule has 116 valence electrons. The summed E-state index contributed by atoms with van der Waals surface area (Å²) in [5.41, 5.74) is 0. The van der Waals surface area contributed by atoms with Crippen molar-refractivity contribution < 1.29 is 13.9 Å². The van der Waals surface area contributed by atoms with Gasteiger partial charge in [-0.3, -0.25) is 10.1 Å². The second kappa shape index (κ2) is 7.13. The first-order valence-electron chi connectivity index (χ1n) is 6.84. The Hall–Kier alpha value is -1.57. The summed E-state index contributed by atoms with van der Waals surface area (Å²) in [6, 6.07) is 7.40. The molecule has 0 spiro atoms. The third-order valence-corrected chi connectivity index (χ3v) is 4.34. The number of carbonyl (C=O) groups is 1. The van der Waals surface area contributed by atoms with Crippen molar-refractivity contribution in [2.75, 3.05) is 17.7 Å². The number of halogens is 1. The van der Waals surface area contributed by atoms with E-state index in [1.54, 1.807) is 12.1 Å². The van der Waals surface area contributed by atoms with Gasteiger partial charge in [-0.05, 0) is 37.1 Å². The zero-order chi connectivity index (χ0) is 15.4. The lowest BCUT2D eigenvalue weighted by Gasteiger charge is -2.03. The zero-order valence-electron chi connectivity index (χ0n) is 11.6. The molecule has 1 fully saturated rings. The molecule has 1 unspecified atom stereocenters. The molecule has 0 bridgehead atoms. The second-order valence-electron chi connectivity index (χ2n) is 4.74. The van der Waals surface area contributed by atoms with E-state index in [1.165, 1.54) is 11.8 Å². The van der Waals surface area contributed by atoms with Crippen LogP contribution in [0.15, 0.2) is 33.6 Å². The van der Waals surface area contributed by atoms with Gasteiger partial charge in [-0.15, -0.1) is 16.9 Å². The Kier molecular flexibility index (Phi) is 4.97. The molecule has 1 saturated heterocycles. The topological polar surface area (TPSA) is 77.2 Å². The first kappa shape index (κ1) is 15.3. The number of ether oxygens (including phenoxy) is 1. The van der Waals surface area contributed by atoms with E-state index in [0.29, 0.717) is 17.5 Å². The average Bonchev–Trinajstić information content (AvgIpc) is 3.17. The molecule has 22 heavy (non-hydrogen) atoms.